The fourth-order valence-corrected chi connectivity index (χ4v) is 5.22. The van der Waals surface area contributed by atoms with Crippen LogP contribution in [0.3, 0.4) is 0 Å². The van der Waals surface area contributed by atoms with E-state index in [9.17, 15) is 17.6 Å². The third kappa shape index (κ3) is 5.29. The minimum absolute atomic E-state index is 0.182. The number of aryl methyl sites for hydroxylation is 1. The third-order valence-corrected chi connectivity index (χ3v) is 7.21. The number of nitrogen functional groups attached to an aromatic ring is 1. The molecule has 0 spiro atoms. The number of nitrogens with one attached hydrogen (secondary N) is 1. The van der Waals surface area contributed by atoms with Crippen LogP contribution in [0.1, 0.15) is 55.6 Å². The smallest absolute Gasteiger partial charge is 0.419 e. The molecular formula is C27H31F4N5O2. The van der Waals surface area contributed by atoms with Gasteiger partial charge in [-0.1, -0.05) is 0 Å². The lowest BCUT2D eigenvalue weighted by atomic mass is 10.0. The van der Waals surface area contributed by atoms with Crippen molar-refractivity contribution in [1.29, 1.82) is 0 Å². The van der Waals surface area contributed by atoms with Gasteiger partial charge in [-0.3, -0.25) is 4.90 Å². The van der Waals surface area contributed by atoms with Gasteiger partial charge in [-0.25, -0.2) is 14.4 Å². The molecule has 0 bridgehead atoms. The zero-order valence-corrected chi connectivity index (χ0v) is 21.5. The Balaban J connectivity index is 1.46. The van der Waals surface area contributed by atoms with Gasteiger partial charge in [0.05, 0.1) is 24.2 Å². The lowest BCUT2D eigenvalue weighted by Crippen LogP contribution is -2.35. The molecule has 2 aliphatic rings. The van der Waals surface area contributed by atoms with E-state index in [-0.39, 0.29) is 11.3 Å². The van der Waals surface area contributed by atoms with Crippen molar-refractivity contribution in [3.05, 3.63) is 47.0 Å². The number of rotatable bonds is 8. The Morgan fingerprint density at radius 1 is 1.13 bits per heavy atom. The van der Waals surface area contributed by atoms with Crippen molar-refractivity contribution in [2.45, 2.75) is 63.8 Å². The Hall–Kier alpha value is -3.34. The molecule has 0 amide bonds. The molecule has 2 fully saturated rings. The molecule has 2 heterocycles. The first kappa shape index (κ1) is 26.3. The Morgan fingerprint density at radius 3 is 2.58 bits per heavy atom. The lowest BCUT2D eigenvalue weighted by Gasteiger charge is -2.25. The second-order valence-electron chi connectivity index (χ2n) is 10.1. The van der Waals surface area contributed by atoms with Gasteiger partial charge in [-0.05, 0) is 64.3 Å². The number of anilines is 2. The van der Waals surface area contributed by atoms with Crippen molar-refractivity contribution < 1.29 is 27.0 Å². The molecule has 2 atom stereocenters. The van der Waals surface area contributed by atoms with Crippen LogP contribution in [0.25, 0.3) is 10.9 Å². The molecule has 38 heavy (non-hydrogen) atoms. The van der Waals surface area contributed by atoms with Crippen molar-refractivity contribution >= 4 is 22.4 Å². The van der Waals surface area contributed by atoms with E-state index < -0.39 is 23.6 Å². The molecule has 1 aromatic heterocycles. The Morgan fingerprint density at radius 2 is 1.89 bits per heavy atom. The topological polar surface area (TPSA) is 85.5 Å². The molecule has 11 heteroatoms. The van der Waals surface area contributed by atoms with Crippen LogP contribution in [0.2, 0.25) is 0 Å². The van der Waals surface area contributed by atoms with E-state index in [1.54, 1.807) is 33.1 Å². The maximum Gasteiger partial charge on any atom is 0.419 e. The molecule has 3 N–H and O–H groups in total. The predicted molar refractivity (Wildman–Crippen MR) is 137 cm³/mol. The number of likely N-dealkylation sites (tertiary alicyclic amines) is 1. The molecule has 1 aliphatic carbocycles. The summed E-state index contributed by atoms with van der Waals surface area (Å²) in [5.41, 5.74) is 4.44. The van der Waals surface area contributed by atoms with Gasteiger partial charge in [0.1, 0.15) is 24.1 Å². The van der Waals surface area contributed by atoms with Crippen LogP contribution in [0.15, 0.2) is 24.3 Å². The SMILES string of the molecule is COc1cc2nc(C)nc(N[C@H](C)c3cc(N)cc(C(F)(F)F)c3F)c2cc1OC[C@@H]1CCCN1C1CC1. The zero-order chi connectivity index (χ0) is 27.2. The first-order chi connectivity index (χ1) is 18.0. The van der Waals surface area contributed by atoms with Gasteiger partial charge in [0.25, 0.3) is 0 Å². The molecule has 3 aromatic rings. The highest BCUT2D eigenvalue weighted by Gasteiger charge is 2.37. The van der Waals surface area contributed by atoms with Crippen molar-refractivity contribution in [3.63, 3.8) is 0 Å². The van der Waals surface area contributed by atoms with Gasteiger partial charge in [0.2, 0.25) is 0 Å². The van der Waals surface area contributed by atoms with Crippen molar-refractivity contribution in [2.75, 3.05) is 31.3 Å². The standard InChI is InChI=1S/C27H31F4N5O2/c1-14(19-9-16(32)10-21(25(19)28)27(29,30)31)33-26-20-11-24(23(37-3)12-22(20)34-15(2)35-26)38-13-18-5-4-8-36(18)17-6-7-17/h9-12,14,17-18H,4-8,13,32H2,1-3H3,(H,33,34,35)/t14-,18+/m1/s1. The number of aromatic nitrogens is 2. The fourth-order valence-electron chi connectivity index (χ4n) is 5.22. The maximum atomic E-state index is 14.9. The molecule has 1 saturated heterocycles. The minimum Gasteiger partial charge on any atom is -0.493 e. The highest BCUT2D eigenvalue weighted by atomic mass is 19.4. The second-order valence-corrected chi connectivity index (χ2v) is 10.1. The predicted octanol–water partition coefficient (Wildman–Crippen LogP) is 5.87. The number of hydrogen-bond acceptors (Lipinski definition) is 7. The van der Waals surface area contributed by atoms with Crippen LogP contribution in [0.4, 0.5) is 29.1 Å². The molecular weight excluding hydrogens is 502 g/mol. The summed E-state index contributed by atoms with van der Waals surface area (Å²) in [6, 6.07) is 5.41. The number of benzene rings is 2. The number of alkyl halides is 3. The summed E-state index contributed by atoms with van der Waals surface area (Å²) in [6.45, 7) is 4.85. The number of ether oxygens (including phenoxy) is 2. The molecule has 0 unspecified atom stereocenters. The van der Waals surface area contributed by atoms with E-state index in [1.165, 1.54) is 18.9 Å². The molecule has 204 valence electrons. The van der Waals surface area contributed by atoms with Gasteiger partial charge in [-0.15, -0.1) is 0 Å². The number of nitrogens with zero attached hydrogens (tertiary/aromatic N) is 3. The van der Waals surface area contributed by atoms with E-state index >= 15 is 0 Å². The monoisotopic (exact) mass is 533 g/mol. The van der Waals surface area contributed by atoms with Crippen LogP contribution >= 0.6 is 0 Å². The number of fused-ring (bicyclic) bond motifs is 1. The van der Waals surface area contributed by atoms with Gasteiger partial charge in [0, 0.05) is 34.8 Å². The van der Waals surface area contributed by atoms with Crippen molar-refractivity contribution in [1.82, 2.24) is 14.9 Å². The van der Waals surface area contributed by atoms with Gasteiger partial charge in [-0.2, -0.15) is 13.2 Å². The molecule has 5 rings (SSSR count). The maximum absolute atomic E-state index is 14.9. The Kier molecular flexibility index (Phi) is 6.97. The fraction of sp³-hybridized carbons (Fsp3) is 0.481. The Bertz CT molecular complexity index is 1350. The molecule has 0 radical (unpaired) electrons. The first-order valence-corrected chi connectivity index (χ1v) is 12.7. The summed E-state index contributed by atoms with van der Waals surface area (Å²) in [7, 11) is 1.55. The summed E-state index contributed by atoms with van der Waals surface area (Å²) < 4.78 is 66.8. The quantitative estimate of drug-likeness (QED) is 0.277. The number of nitrogens with two attached hydrogens (primary N) is 1. The number of hydrogen-bond donors (Lipinski definition) is 2. The van der Waals surface area contributed by atoms with Gasteiger partial charge in [0.15, 0.2) is 11.5 Å². The molecule has 1 saturated carbocycles. The van der Waals surface area contributed by atoms with Crippen LogP contribution in [-0.2, 0) is 6.18 Å². The van der Waals surface area contributed by atoms with Crippen LogP contribution in [0, 0.1) is 12.7 Å². The number of methoxy groups -OCH3 is 1. The van der Waals surface area contributed by atoms with Crippen LogP contribution < -0.4 is 20.5 Å². The van der Waals surface area contributed by atoms with E-state index in [2.05, 4.69) is 20.2 Å². The van der Waals surface area contributed by atoms with Gasteiger partial charge >= 0.3 is 6.18 Å². The zero-order valence-electron chi connectivity index (χ0n) is 21.5. The lowest BCUT2D eigenvalue weighted by molar-refractivity contribution is -0.140. The summed E-state index contributed by atoms with van der Waals surface area (Å²) in [5.74, 6) is 0.424. The summed E-state index contributed by atoms with van der Waals surface area (Å²) in [5, 5.41) is 3.64. The molecule has 2 aromatic carbocycles. The van der Waals surface area contributed by atoms with E-state index in [0.717, 1.165) is 19.4 Å². The minimum atomic E-state index is -4.87. The first-order valence-electron chi connectivity index (χ1n) is 12.7. The van der Waals surface area contributed by atoms with Crippen molar-refractivity contribution in [3.8, 4) is 11.5 Å². The van der Waals surface area contributed by atoms with Gasteiger partial charge < -0.3 is 20.5 Å². The molecule has 7 nitrogen and oxygen atoms in total. The number of halogens is 4. The summed E-state index contributed by atoms with van der Waals surface area (Å²) in [4.78, 5) is 11.5. The normalized spacial score (nSPS) is 19.1. The van der Waals surface area contributed by atoms with E-state index in [1.807, 2.05) is 0 Å². The average Bonchev–Trinajstić information content (AvgIpc) is 3.59. The van der Waals surface area contributed by atoms with E-state index in [4.69, 9.17) is 15.2 Å². The second kappa shape index (κ2) is 10.1. The van der Waals surface area contributed by atoms with Crippen molar-refractivity contribution in [2.24, 2.45) is 0 Å². The molecule has 1 aliphatic heterocycles. The summed E-state index contributed by atoms with van der Waals surface area (Å²) in [6.07, 6.45) is -0.182. The summed E-state index contributed by atoms with van der Waals surface area (Å²) >= 11 is 0. The van der Waals surface area contributed by atoms with Crippen LogP contribution in [0.5, 0.6) is 11.5 Å². The highest BCUT2D eigenvalue weighted by Crippen LogP contribution is 2.39. The Labute approximate surface area is 218 Å². The average molecular weight is 534 g/mol. The van der Waals surface area contributed by atoms with E-state index in [0.29, 0.717) is 58.8 Å². The highest BCUT2D eigenvalue weighted by molar-refractivity contribution is 5.92. The third-order valence-electron chi connectivity index (χ3n) is 7.21. The largest absolute Gasteiger partial charge is 0.493 e. The van der Waals surface area contributed by atoms with Crippen LogP contribution in [-0.4, -0.2) is 47.2 Å².